The smallest absolute Gasteiger partial charge is 0.108 e. The molecule has 0 spiro atoms. The highest BCUT2D eigenvalue weighted by molar-refractivity contribution is 4.94. The maximum atomic E-state index is 4.45. The first-order chi connectivity index (χ1) is 7.69. The van der Waals surface area contributed by atoms with Gasteiger partial charge in [0.25, 0.3) is 0 Å². The van der Waals surface area contributed by atoms with Crippen LogP contribution < -0.4 is 5.32 Å². The Kier molecular flexibility index (Phi) is 5.53. The van der Waals surface area contributed by atoms with Crippen LogP contribution in [0.25, 0.3) is 0 Å². The molecule has 0 fully saturated rings. The fourth-order valence-corrected chi connectivity index (χ4v) is 1.96. The van der Waals surface area contributed by atoms with E-state index in [1.165, 1.54) is 12.2 Å². The molecule has 16 heavy (non-hydrogen) atoms. The highest BCUT2D eigenvalue weighted by Crippen LogP contribution is 2.11. The Bertz CT molecular complexity index is 293. The quantitative estimate of drug-likeness (QED) is 0.769. The van der Waals surface area contributed by atoms with Gasteiger partial charge in [0.15, 0.2) is 0 Å². The summed E-state index contributed by atoms with van der Waals surface area (Å²) in [5.74, 6) is 1.84. The lowest BCUT2D eigenvalue weighted by molar-refractivity contribution is 0.394. The molecule has 0 aliphatic heterocycles. The minimum Gasteiger partial charge on any atom is -0.335 e. The molecule has 0 bridgehead atoms. The van der Waals surface area contributed by atoms with E-state index in [2.05, 4.69) is 48.8 Å². The van der Waals surface area contributed by atoms with Gasteiger partial charge in [-0.2, -0.15) is 0 Å². The predicted octanol–water partition coefficient (Wildman–Crippen LogP) is 2.47. The molecule has 3 nitrogen and oxygen atoms in total. The zero-order valence-corrected chi connectivity index (χ0v) is 11.0. The van der Waals surface area contributed by atoms with Gasteiger partial charge in [-0.1, -0.05) is 20.8 Å². The molecule has 0 amide bonds. The van der Waals surface area contributed by atoms with Gasteiger partial charge in [-0.05, 0) is 25.8 Å². The minimum atomic E-state index is 0.553. The van der Waals surface area contributed by atoms with Crippen molar-refractivity contribution in [3.05, 3.63) is 18.2 Å². The van der Waals surface area contributed by atoms with Gasteiger partial charge in [-0.25, -0.2) is 4.98 Å². The zero-order valence-electron chi connectivity index (χ0n) is 11.0. The Hall–Kier alpha value is -0.830. The van der Waals surface area contributed by atoms with E-state index in [1.807, 2.05) is 6.20 Å². The number of aryl methyl sites for hydroxylation is 1. The number of aromatic nitrogens is 2. The van der Waals surface area contributed by atoms with Crippen LogP contribution in [0.1, 0.15) is 39.9 Å². The summed E-state index contributed by atoms with van der Waals surface area (Å²) in [6.45, 7) is 11.0. The average molecular weight is 223 g/mol. The summed E-state index contributed by atoms with van der Waals surface area (Å²) < 4.78 is 2.27. The Morgan fingerprint density at radius 1 is 1.38 bits per heavy atom. The molecule has 0 saturated heterocycles. The normalized spacial score (nSPS) is 15.0. The fourth-order valence-electron chi connectivity index (χ4n) is 1.96. The Morgan fingerprint density at radius 2 is 2.12 bits per heavy atom. The molecule has 0 aliphatic rings. The van der Waals surface area contributed by atoms with Gasteiger partial charge in [-0.3, -0.25) is 0 Å². The second-order valence-electron chi connectivity index (χ2n) is 4.56. The standard InChI is InChI=1S/C13H25N3/c1-5-8-16-9-7-15-13(16)10-11(3)12(4)14-6-2/h7,9,11-12,14H,5-6,8,10H2,1-4H3. The first-order valence-corrected chi connectivity index (χ1v) is 6.42. The van der Waals surface area contributed by atoms with E-state index < -0.39 is 0 Å². The molecular formula is C13H25N3. The van der Waals surface area contributed by atoms with Crippen LogP contribution in [0.15, 0.2) is 12.4 Å². The van der Waals surface area contributed by atoms with Gasteiger partial charge in [0.05, 0.1) is 0 Å². The van der Waals surface area contributed by atoms with Crippen LogP contribution in [0.5, 0.6) is 0 Å². The molecule has 1 rings (SSSR count). The second kappa shape index (κ2) is 6.69. The number of hydrogen-bond acceptors (Lipinski definition) is 2. The summed E-state index contributed by atoms with van der Waals surface area (Å²) in [7, 11) is 0. The van der Waals surface area contributed by atoms with Crippen LogP contribution in [0.3, 0.4) is 0 Å². The first-order valence-electron chi connectivity index (χ1n) is 6.42. The Labute approximate surface area is 99.3 Å². The average Bonchev–Trinajstić information content (AvgIpc) is 2.67. The summed E-state index contributed by atoms with van der Waals surface area (Å²) >= 11 is 0. The fraction of sp³-hybridized carbons (Fsp3) is 0.769. The molecule has 1 aromatic rings. The highest BCUT2D eigenvalue weighted by Gasteiger charge is 2.14. The molecule has 2 atom stereocenters. The van der Waals surface area contributed by atoms with E-state index in [0.29, 0.717) is 12.0 Å². The predicted molar refractivity (Wildman–Crippen MR) is 68.5 cm³/mol. The molecule has 0 radical (unpaired) electrons. The van der Waals surface area contributed by atoms with Crippen molar-refractivity contribution in [1.82, 2.24) is 14.9 Å². The number of nitrogens with one attached hydrogen (secondary N) is 1. The van der Waals surface area contributed by atoms with Crippen molar-refractivity contribution in [2.45, 2.75) is 53.1 Å². The van der Waals surface area contributed by atoms with Crippen LogP contribution >= 0.6 is 0 Å². The van der Waals surface area contributed by atoms with Crippen LogP contribution in [0.4, 0.5) is 0 Å². The van der Waals surface area contributed by atoms with E-state index in [0.717, 1.165) is 19.5 Å². The molecule has 2 unspecified atom stereocenters. The molecule has 0 aromatic carbocycles. The second-order valence-corrected chi connectivity index (χ2v) is 4.56. The number of rotatable bonds is 7. The molecule has 1 heterocycles. The number of hydrogen-bond donors (Lipinski definition) is 1. The third-order valence-corrected chi connectivity index (χ3v) is 3.15. The lowest BCUT2D eigenvalue weighted by Gasteiger charge is -2.20. The first kappa shape index (κ1) is 13.2. The van der Waals surface area contributed by atoms with Crippen molar-refractivity contribution in [2.75, 3.05) is 6.54 Å². The van der Waals surface area contributed by atoms with E-state index >= 15 is 0 Å². The van der Waals surface area contributed by atoms with Crippen LogP contribution in [0.2, 0.25) is 0 Å². The third-order valence-electron chi connectivity index (χ3n) is 3.15. The van der Waals surface area contributed by atoms with Gasteiger partial charge in [0.1, 0.15) is 5.82 Å². The number of nitrogens with zero attached hydrogens (tertiary/aromatic N) is 2. The summed E-state index contributed by atoms with van der Waals surface area (Å²) in [4.78, 5) is 4.45. The monoisotopic (exact) mass is 223 g/mol. The van der Waals surface area contributed by atoms with Gasteiger partial charge in [0, 0.05) is 31.4 Å². The van der Waals surface area contributed by atoms with E-state index in [-0.39, 0.29) is 0 Å². The zero-order chi connectivity index (χ0) is 12.0. The Morgan fingerprint density at radius 3 is 2.75 bits per heavy atom. The van der Waals surface area contributed by atoms with E-state index in [4.69, 9.17) is 0 Å². The van der Waals surface area contributed by atoms with Gasteiger partial charge >= 0.3 is 0 Å². The summed E-state index contributed by atoms with van der Waals surface area (Å²) in [5.41, 5.74) is 0. The molecule has 0 saturated carbocycles. The van der Waals surface area contributed by atoms with Gasteiger partial charge < -0.3 is 9.88 Å². The van der Waals surface area contributed by atoms with Crippen molar-refractivity contribution in [3.8, 4) is 0 Å². The van der Waals surface area contributed by atoms with Gasteiger partial charge in [-0.15, -0.1) is 0 Å². The van der Waals surface area contributed by atoms with E-state index in [9.17, 15) is 0 Å². The highest BCUT2D eigenvalue weighted by atomic mass is 15.1. The minimum absolute atomic E-state index is 0.553. The molecular weight excluding hydrogens is 198 g/mol. The molecule has 92 valence electrons. The largest absolute Gasteiger partial charge is 0.335 e. The lowest BCUT2D eigenvalue weighted by atomic mass is 9.99. The maximum absolute atomic E-state index is 4.45. The summed E-state index contributed by atoms with van der Waals surface area (Å²) in [5, 5.41) is 3.47. The van der Waals surface area contributed by atoms with E-state index in [1.54, 1.807) is 0 Å². The maximum Gasteiger partial charge on any atom is 0.108 e. The molecule has 3 heteroatoms. The van der Waals surface area contributed by atoms with Crippen molar-refractivity contribution < 1.29 is 0 Å². The van der Waals surface area contributed by atoms with Crippen LogP contribution in [0, 0.1) is 5.92 Å². The molecule has 1 aromatic heterocycles. The topological polar surface area (TPSA) is 29.9 Å². The summed E-state index contributed by atoms with van der Waals surface area (Å²) in [6, 6.07) is 0.553. The van der Waals surface area contributed by atoms with Crippen molar-refractivity contribution in [2.24, 2.45) is 5.92 Å². The van der Waals surface area contributed by atoms with Gasteiger partial charge in [0.2, 0.25) is 0 Å². The SMILES string of the molecule is CCCn1ccnc1CC(C)C(C)NCC. The van der Waals surface area contributed by atoms with Crippen LogP contribution in [-0.2, 0) is 13.0 Å². The molecule has 0 aliphatic carbocycles. The van der Waals surface area contributed by atoms with Crippen molar-refractivity contribution in [1.29, 1.82) is 0 Å². The van der Waals surface area contributed by atoms with Crippen LogP contribution in [-0.4, -0.2) is 22.1 Å². The third kappa shape index (κ3) is 3.63. The Balaban J connectivity index is 2.54. The van der Waals surface area contributed by atoms with Crippen molar-refractivity contribution >= 4 is 0 Å². The molecule has 1 N–H and O–H groups in total. The summed E-state index contributed by atoms with van der Waals surface area (Å²) in [6.07, 6.45) is 6.22. The lowest BCUT2D eigenvalue weighted by Crippen LogP contribution is -2.33. The number of imidazole rings is 1. The van der Waals surface area contributed by atoms with Crippen molar-refractivity contribution in [3.63, 3.8) is 0 Å².